The van der Waals surface area contributed by atoms with Crippen LogP contribution in [0.5, 0.6) is 0 Å². The minimum atomic E-state index is 0.0254. The Morgan fingerprint density at radius 1 is 1.50 bits per heavy atom. The minimum Gasteiger partial charge on any atom is -0.294 e. The molecule has 1 rings (SSSR count). The lowest BCUT2D eigenvalue weighted by Gasteiger charge is -2.03. The molecule has 0 saturated carbocycles. The molecule has 4 heteroatoms. The Morgan fingerprint density at radius 3 is 2.58 bits per heavy atom. The van der Waals surface area contributed by atoms with E-state index in [4.69, 9.17) is 0 Å². The van der Waals surface area contributed by atoms with Gasteiger partial charge in [0.1, 0.15) is 11.4 Å². The highest BCUT2D eigenvalue weighted by atomic mass is 32.2. The smallest absolute Gasteiger partial charge is 0.164 e. The Bertz CT molecular complexity index is 312. The van der Waals surface area contributed by atoms with E-state index in [1.807, 2.05) is 13.2 Å². The van der Waals surface area contributed by atoms with E-state index in [0.29, 0.717) is 5.56 Å². The molecule has 0 N–H and O–H groups in total. The molecule has 1 aromatic heterocycles. The number of rotatable bonds is 2. The van der Waals surface area contributed by atoms with Crippen molar-refractivity contribution in [2.24, 2.45) is 0 Å². The standard InChI is InChI=1S/C8H10N2OS/c1-5-7(6(2)11)8(12-3)10-4-9-5/h4H,1-3H3. The molecule has 64 valence electrons. The van der Waals surface area contributed by atoms with Gasteiger partial charge in [-0.05, 0) is 20.1 Å². The van der Waals surface area contributed by atoms with E-state index in [1.165, 1.54) is 25.0 Å². The van der Waals surface area contributed by atoms with Crippen LogP contribution in [0.2, 0.25) is 0 Å². The second kappa shape index (κ2) is 3.67. The van der Waals surface area contributed by atoms with Crippen molar-refractivity contribution in [1.29, 1.82) is 0 Å². The third-order valence-corrected chi connectivity index (χ3v) is 2.24. The summed E-state index contributed by atoms with van der Waals surface area (Å²) in [6.45, 7) is 3.35. The Labute approximate surface area is 75.6 Å². The molecular weight excluding hydrogens is 172 g/mol. The van der Waals surface area contributed by atoms with E-state index in [2.05, 4.69) is 9.97 Å². The van der Waals surface area contributed by atoms with E-state index >= 15 is 0 Å². The summed E-state index contributed by atoms with van der Waals surface area (Å²) < 4.78 is 0. The van der Waals surface area contributed by atoms with Crippen molar-refractivity contribution >= 4 is 17.5 Å². The predicted molar refractivity (Wildman–Crippen MR) is 48.6 cm³/mol. The molecule has 3 nitrogen and oxygen atoms in total. The molecule has 0 amide bonds. The second-order valence-electron chi connectivity index (χ2n) is 2.40. The zero-order valence-electron chi connectivity index (χ0n) is 7.29. The van der Waals surface area contributed by atoms with Gasteiger partial charge in [-0.15, -0.1) is 11.8 Å². The summed E-state index contributed by atoms with van der Waals surface area (Å²) in [4.78, 5) is 19.1. The van der Waals surface area contributed by atoms with Crippen LogP contribution in [0.25, 0.3) is 0 Å². The normalized spacial score (nSPS) is 9.92. The van der Waals surface area contributed by atoms with Gasteiger partial charge in [-0.1, -0.05) is 0 Å². The van der Waals surface area contributed by atoms with Crippen LogP contribution in [0.15, 0.2) is 11.4 Å². The number of aryl methyl sites for hydroxylation is 1. The number of hydrogen-bond donors (Lipinski definition) is 0. The summed E-state index contributed by atoms with van der Waals surface area (Å²) in [5, 5.41) is 0.759. The van der Waals surface area contributed by atoms with Crippen molar-refractivity contribution in [3.8, 4) is 0 Å². The van der Waals surface area contributed by atoms with Crippen LogP contribution in [0.4, 0.5) is 0 Å². The first-order valence-corrected chi connectivity index (χ1v) is 4.75. The molecular formula is C8H10N2OS. The van der Waals surface area contributed by atoms with E-state index < -0.39 is 0 Å². The SMILES string of the molecule is CSc1ncnc(C)c1C(C)=O. The van der Waals surface area contributed by atoms with E-state index in [0.717, 1.165) is 10.7 Å². The molecule has 1 heterocycles. The van der Waals surface area contributed by atoms with Crippen LogP contribution in [0.1, 0.15) is 23.0 Å². The second-order valence-corrected chi connectivity index (χ2v) is 3.19. The number of nitrogens with zero attached hydrogens (tertiary/aromatic N) is 2. The van der Waals surface area contributed by atoms with Crippen LogP contribution in [-0.2, 0) is 0 Å². The number of aromatic nitrogens is 2. The molecule has 0 aliphatic rings. The summed E-state index contributed by atoms with van der Waals surface area (Å²) in [6, 6.07) is 0. The molecule has 0 atom stereocenters. The topological polar surface area (TPSA) is 42.9 Å². The van der Waals surface area contributed by atoms with Crippen molar-refractivity contribution in [2.45, 2.75) is 18.9 Å². The van der Waals surface area contributed by atoms with Crippen molar-refractivity contribution in [2.75, 3.05) is 6.26 Å². The van der Waals surface area contributed by atoms with Gasteiger partial charge in [0.25, 0.3) is 0 Å². The lowest BCUT2D eigenvalue weighted by atomic mass is 10.2. The van der Waals surface area contributed by atoms with E-state index in [9.17, 15) is 4.79 Å². The lowest BCUT2D eigenvalue weighted by molar-refractivity contribution is 0.101. The first-order chi connectivity index (χ1) is 5.66. The van der Waals surface area contributed by atoms with Gasteiger partial charge in [-0.25, -0.2) is 9.97 Å². The van der Waals surface area contributed by atoms with Gasteiger partial charge < -0.3 is 0 Å². The molecule has 0 aliphatic heterocycles. The highest BCUT2D eigenvalue weighted by Crippen LogP contribution is 2.18. The molecule has 1 aromatic rings. The van der Waals surface area contributed by atoms with Gasteiger partial charge in [0, 0.05) is 0 Å². The van der Waals surface area contributed by atoms with E-state index in [1.54, 1.807) is 0 Å². The molecule has 0 saturated heterocycles. The number of carbonyl (C=O) groups is 1. The Balaban J connectivity index is 3.29. The molecule has 0 radical (unpaired) electrons. The van der Waals surface area contributed by atoms with Crippen LogP contribution >= 0.6 is 11.8 Å². The van der Waals surface area contributed by atoms with Crippen molar-refractivity contribution in [3.05, 3.63) is 17.6 Å². The quantitative estimate of drug-likeness (QED) is 0.397. The maximum absolute atomic E-state index is 11.2. The monoisotopic (exact) mass is 182 g/mol. The lowest BCUT2D eigenvalue weighted by Crippen LogP contribution is -2.02. The third kappa shape index (κ3) is 1.64. The zero-order chi connectivity index (χ0) is 9.14. The molecule has 0 bridgehead atoms. The number of thioether (sulfide) groups is 1. The van der Waals surface area contributed by atoms with Gasteiger partial charge in [0.2, 0.25) is 0 Å². The number of ketones is 1. The number of hydrogen-bond acceptors (Lipinski definition) is 4. The molecule has 0 fully saturated rings. The molecule has 0 aliphatic carbocycles. The van der Waals surface area contributed by atoms with Crippen LogP contribution < -0.4 is 0 Å². The maximum Gasteiger partial charge on any atom is 0.164 e. The number of carbonyl (C=O) groups excluding carboxylic acids is 1. The summed E-state index contributed by atoms with van der Waals surface area (Å²) in [7, 11) is 0. The average Bonchev–Trinajstić information content (AvgIpc) is 2.03. The van der Waals surface area contributed by atoms with Gasteiger partial charge in [0.15, 0.2) is 5.78 Å². The Hall–Kier alpha value is -0.900. The summed E-state index contributed by atoms with van der Waals surface area (Å²) in [5.74, 6) is 0.0254. The molecule has 0 spiro atoms. The summed E-state index contributed by atoms with van der Waals surface area (Å²) in [6.07, 6.45) is 3.38. The predicted octanol–water partition coefficient (Wildman–Crippen LogP) is 1.71. The zero-order valence-corrected chi connectivity index (χ0v) is 8.10. The largest absolute Gasteiger partial charge is 0.294 e. The molecule has 0 unspecified atom stereocenters. The highest BCUT2D eigenvalue weighted by molar-refractivity contribution is 7.98. The first-order valence-electron chi connectivity index (χ1n) is 3.53. The fourth-order valence-corrected chi connectivity index (χ4v) is 1.66. The fourth-order valence-electron chi connectivity index (χ4n) is 1.01. The minimum absolute atomic E-state index is 0.0254. The summed E-state index contributed by atoms with van der Waals surface area (Å²) in [5.41, 5.74) is 1.40. The Morgan fingerprint density at radius 2 is 2.17 bits per heavy atom. The van der Waals surface area contributed by atoms with Gasteiger partial charge in [-0.3, -0.25) is 4.79 Å². The first kappa shape index (κ1) is 9.19. The molecule has 12 heavy (non-hydrogen) atoms. The van der Waals surface area contributed by atoms with Crippen LogP contribution in [0, 0.1) is 6.92 Å². The van der Waals surface area contributed by atoms with Crippen LogP contribution in [-0.4, -0.2) is 22.0 Å². The third-order valence-electron chi connectivity index (χ3n) is 1.55. The average molecular weight is 182 g/mol. The van der Waals surface area contributed by atoms with Crippen molar-refractivity contribution in [3.63, 3.8) is 0 Å². The van der Waals surface area contributed by atoms with Crippen LogP contribution in [0.3, 0.4) is 0 Å². The van der Waals surface area contributed by atoms with E-state index in [-0.39, 0.29) is 5.78 Å². The highest BCUT2D eigenvalue weighted by Gasteiger charge is 2.11. The summed E-state index contributed by atoms with van der Waals surface area (Å²) >= 11 is 1.47. The van der Waals surface area contributed by atoms with Crippen molar-refractivity contribution in [1.82, 2.24) is 9.97 Å². The van der Waals surface area contributed by atoms with Crippen molar-refractivity contribution < 1.29 is 4.79 Å². The fraction of sp³-hybridized carbons (Fsp3) is 0.375. The van der Waals surface area contributed by atoms with Gasteiger partial charge >= 0.3 is 0 Å². The van der Waals surface area contributed by atoms with Gasteiger partial charge in [-0.2, -0.15) is 0 Å². The van der Waals surface area contributed by atoms with Gasteiger partial charge in [0.05, 0.1) is 11.3 Å². The number of Topliss-reactive ketones (excluding diaryl/α,β-unsaturated/α-hetero) is 1. The maximum atomic E-state index is 11.2. The molecule has 0 aromatic carbocycles. The Kier molecular flexibility index (Phi) is 2.81.